The van der Waals surface area contributed by atoms with Crippen LogP contribution in [0.1, 0.15) is 18.1 Å². The fraction of sp³-hybridized carbons (Fsp3) is 0.174. The first kappa shape index (κ1) is 21.5. The Bertz CT molecular complexity index is 984. The molecule has 7 heteroatoms. The highest BCUT2D eigenvalue weighted by molar-refractivity contribution is 5.95. The van der Waals surface area contributed by atoms with E-state index in [0.717, 1.165) is 11.1 Å². The summed E-state index contributed by atoms with van der Waals surface area (Å²) in [6.45, 7) is 1.58. The van der Waals surface area contributed by atoms with Crippen LogP contribution in [-0.2, 0) is 17.6 Å². The molecule has 0 radical (unpaired) electrons. The minimum atomic E-state index is -2.28. The summed E-state index contributed by atoms with van der Waals surface area (Å²) in [5.41, 5.74) is -1.03. The van der Waals surface area contributed by atoms with E-state index in [9.17, 15) is 26.7 Å². The fourth-order valence-electron chi connectivity index (χ4n) is 3.29. The number of anilines is 1. The molecule has 2 nitrogen and oxygen atoms in total. The van der Waals surface area contributed by atoms with Gasteiger partial charge in [-0.1, -0.05) is 67.6 Å². The molecule has 0 bridgehead atoms. The Kier molecular flexibility index (Phi) is 6.20. The number of carbonyl (C=O) groups excluding carboxylic acids is 1. The number of benzene rings is 3. The average molecular weight is 419 g/mol. The topological polar surface area (TPSA) is 29.1 Å². The van der Waals surface area contributed by atoms with E-state index >= 15 is 0 Å². The van der Waals surface area contributed by atoms with Crippen LogP contribution in [0, 0.1) is 34.5 Å². The van der Waals surface area contributed by atoms with Crippen LogP contribution in [0.4, 0.5) is 27.6 Å². The molecule has 3 rings (SSSR count). The van der Waals surface area contributed by atoms with Crippen molar-refractivity contribution < 1.29 is 26.7 Å². The lowest BCUT2D eigenvalue weighted by Gasteiger charge is -2.29. The Morgan fingerprint density at radius 1 is 0.700 bits per heavy atom. The van der Waals surface area contributed by atoms with Crippen LogP contribution in [0.25, 0.3) is 0 Å². The third kappa shape index (κ3) is 4.35. The zero-order valence-electron chi connectivity index (χ0n) is 16.0. The summed E-state index contributed by atoms with van der Waals surface area (Å²) in [6, 6.07) is 17.9. The first-order chi connectivity index (χ1) is 14.2. The lowest BCUT2D eigenvalue weighted by molar-refractivity contribution is -0.124. The van der Waals surface area contributed by atoms with Gasteiger partial charge in [-0.05, 0) is 24.0 Å². The summed E-state index contributed by atoms with van der Waals surface area (Å²) >= 11 is 0. The molecule has 0 aliphatic carbocycles. The summed E-state index contributed by atoms with van der Waals surface area (Å²) in [6.07, 6.45) is 0.369. The second kappa shape index (κ2) is 8.65. The van der Waals surface area contributed by atoms with Gasteiger partial charge in [-0.3, -0.25) is 4.79 Å². The molecule has 0 aromatic heterocycles. The van der Waals surface area contributed by atoms with Gasteiger partial charge in [0.1, 0.15) is 5.69 Å². The van der Waals surface area contributed by atoms with E-state index < -0.39 is 46.1 Å². The normalized spacial score (nSPS) is 11.4. The summed E-state index contributed by atoms with van der Waals surface area (Å²) < 4.78 is 68.5. The quantitative estimate of drug-likeness (QED) is 0.305. The summed E-state index contributed by atoms with van der Waals surface area (Å²) in [7, 11) is 0. The molecule has 0 heterocycles. The van der Waals surface area contributed by atoms with Gasteiger partial charge < -0.3 is 5.32 Å². The van der Waals surface area contributed by atoms with Crippen molar-refractivity contribution in [1.29, 1.82) is 0 Å². The molecule has 156 valence electrons. The minimum Gasteiger partial charge on any atom is -0.321 e. The number of halogens is 5. The summed E-state index contributed by atoms with van der Waals surface area (Å²) in [5.74, 6) is -11.5. The predicted molar refractivity (Wildman–Crippen MR) is 103 cm³/mol. The van der Waals surface area contributed by atoms with Crippen molar-refractivity contribution in [1.82, 2.24) is 0 Å². The number of amides is 1. The van der Waals surface area contributed by atoms with E-state index in [-0.39, 0.29) is 12.8 Å². The van der Waals surface area contributed by atoms with Gasteiger partial charge in [0.2, 0.25) is 11.7 Å². The van der Waals surface area contributed by atoms with E-state index in [1.54, 1.807) is 67.6 Å². The van der Waals surface area contributed by atoms with Gasteiger partial charge in [0.25, 0.3) is 0 Å². The van der Waals surface area contributed by atoms with Crippen LogP contribution in [0.15, 0.2) is 60.7 Å². The lowest BCUT2D eigenvalue weighted by Crippen LogP contribution is -2.38. The van der Waals surface area contributed by atoms with Gasteiger partial charge >= 0.3 is 0 Å². The highest BCUT2D eigenvalue weighted by Crippen LogP contribution is 2.32. The Hall–Kier alpha value is -3.22. The number of nitrogens with one attached hydrogen (secondary N) is 1. The number of hydrogen-bond donors (Lipinski definition) is 1. The van der Waals surface area contributed by atoms with Gasteiger partial charge in [-0.25, -0.2) is 22.0 Å². The van der Waals surface area contributed by atoms with Gasteiger partial charge in [0.15, 0.2) is 23.3 Å². The molecular weight excluding hydrogens is 401 g/mol. The van der Waals surface area contributed by atoms with E-state index in [2.05, 4.69) is 0 Å². The molecule has 1 amide bonds. The molecule has 0 saturated heterocycles. The van der Waals surface area contributed by atoms with Crippen molar-refractivity contribution in [3.8, 4) is 0 Å². The van der Waals surface area contributed by atoms with Crippen LogP contribution in [-0.4, -0.2) is 5.91 Å². The second-order valence-corrected chi connectivity index (χ2v) is 7.28. The van der Waals surface area contributed by atoms with Crippen molar-refractivity contribution in [3.05, 3.63) is 101 Å². The largest absolute Gasteiger partial charge is 0.321 e. The maximum atomic E-state index is 14.1. The fourth-order valence-corrected chi connectivity index (χ4v) is 3.29. The number of rotatable bonds is 6. The molecule has 1 N–H and O–H groups in total. The van der Waals surface area contributed by atoms with E-state index in [1.807, 2.05) is 5.32 Å². The third-order valence-electron chi connectivity index (χ3n) is 4.87. The van der Waals surface area contributed by atoms with Crippen LogP contribution < -0.4 is 5.32 Å². The zero-order chi connectivity index (χ0) is 21.9. The lowest BCUT2D eigenvalue weighted by atomic mass is 9.77. The average Bonchev–Trinajstić information content (AvgIpc) is 2.75. The van der Waals surface area contributed by atoms with Crippen molar-refractivity contribution >= 4 is 11.6 Å². The van der Waals surface area contributed by atoms with E-state index in [0.29, 0.717) is 0 Å². The Balaban J connectivity index is 1.99. The molecule has 0 aliphatic heterocycles. The first-order valence-electron chi connectivity index (χ1n) is 9.13. The molecule has 0 fully saturated rings. The molecule has 0 spiro atoms. The molecule has 0 atom stereocenters. The van der Waals surface area contributed by atoms with Crippen molar-refractivity contribution in [2.24, 2.45) is 5.41 Å². The van der Waals surface area contributed by atoms with Crippen LogP contribution in [0.3, 0.4) is 0 Å². The molecule has 0 saturated carbocycles. The molecule has 3 aromatic carbocycles. The molecule has 0 aliphatic rings. The second-order valence-electron chi connectivity index (χ2n) is 7.28. The molecular formula is C23H18F5NO. The Morgan fingerprint density at radius 3 is 1.47 bits per heavy atom. The summed E-state index contributed by atoms with van der Waals surface area (Å²) in [5, 5.41) is 1.93. The van der Waals surface area contributed by atoms with Gasteiger partial charge in [0.05, 0.1) is 5.41 Å². The summed E-state index contributed by atoms with van der Waals surface area (Å²) in [4.78, 5) is 13.1. The first-order valence-corrected chi connectivity index (χ1v) is 9.13. The SMILES string of the molecule is CC(Cc1ccccc1)(Cc1ccccc1)C(=O)Nc1c(F)c(F)c(F)c(F)c1F. The zero-order valence-corrected chi connectivity index (χ0v) is 16.0. The van der Waals surface area contributed by atoms with E-state index in [1.165, 1.54) is 0 Å². The predicted octanol–water partition coefficient (Wildman–Crippen LogP) is 5.81. The highest BCUT2D eigenvalue weighted by atomic mass is 19.2. The van der Waals surface area contributed by atoms with Crippen LogP contribution in [0.2, 0.25) is 0 Å². The molecule has 0 unspecified atom stereocenters. The third-order valence-corrected chi connectivity index (χ3v) is 4.87. The monoisotopic (exact) mass is 419 g/mol. The minimum absolute atomic E-state index is 0.184. The maximum Gasteiger partial charge on any atom is 0.231 e. The van der Waals surface area contributed by atoms with Gasteiger partial charge in [0, 0.05) is 0 Å². The van der Waals surface area contributed by atoms with Gasteiger partial charge in [-0.15, -0.1) is 0 Å². The van der Waals surface area contributed by atoms with Crippen molar-refractivity contribution in [2.75, 3.05) is 5.32 Å². The molecule has 30 heavy (non-hydrogen) atoms. The maximum absolute atomic E-state index is 14.1. The Labute approximate surface area is 170 Å². The smallest absolute Gasteiger partial charge is 0.231 e. The van der Waals surface area contributed by atoms with E-state index in [4.69, 9.17) is 0 Å². The number of carbonyl (C=O) groups is 1. The number of hydrogen-bond acceptors (Lipinski definition) is 1. The Morgan fingerprint density at radius 2 is 1.07 bits per heavy atom. The van der Waals surface area contributed by atoms with Crippen LogP contribution >= 0.6 is 0 Å². The van der Waals surface area contributed by atoms with Crippen LogP contribution in [0.5, 0.6) is 0 Å². The molecule has 3 aromatic rings. The van der Waals surface area contributed by atoms with Crippen molar-refractivity contribution in [3.63, 3.8) is 0 Å². The van der Waals surface area contributed by atoms with Gasteiger partial charge in [-0.2, -0.15) is 0 Å². The standard InChI is InChI=1S/C23H18F5NO/c1-23(12-14-8-4-2-5-9-14,13-15-10-6-3-7-11-15)22(30)29-21-19(27)17(25)16(24)18(26)20(21)28/h2-11H,12-13H2,1H3,(H,29,30). The highest BCUT2D eigenvalue weighted by Gasteiger charge is 2.36. The van der Waals surface area contributed by atoms with Crippen molar-refractivity contribution in [2.45, 2.75) is 19.8 Å².